The van der Waals surface area contributed by atoms with Crippen molar-refractivity contribution in [1.82, 2.24) is 0 Å². The first kappa shape index (κ1) is 12.4. The first-order valence-corrected chi connectivity index (χ1v) is 4.71. The van der Waals surface area contributed by atoms with E-state index in [4.69, 9.17) is 0 Å². The van der Waals surface area contributed by atoms with E-state index in [0.717, 1.165) is 6.54 Å². The second-order valence-electron chi connectivity index (χ2n) is 3.32. The van der Waals surface area contributed by atoms with Crippen molar-refractivity contribution in [1.29, 1.82) is 0 Å². The molecule has 0 saturated heterocycles. The van der Waals surface area contributed by atoms with Crippen LogP contribution in [0.2, 0.25) is 0 Å². The maximum absolute atomic E-state index is 2.33. The summed E-state index contributed by atoms with van der Waals surface area (Å²) in [5.74, 6) is 0. The summed E-state index contributed by atoms with van der Waals surface area (Å²) in [7, 11) is 0. The minimum absolute atomic E-state index is 0. The summed E-state index contributed by atoms with van der Waals surface area (Å²) in [5.41, 5.74) is 2.78. The molecule has 0 fully saturated rings. The number of unbranched alkanes of at least 4 members (excludes halogenated alkanes) is 1. The number of aryl methyl sites for hydroxylation is 2. The van der Waals surface area contributed by atoms with E-state index in [1.54, 1.807) is 0 Å². The lowest BCUT2D eigenvalue weighted by molar-refractivity contribution is -0.703. The molecule has 0 aliphatic rings. The molecule has 0 aromatic carbocycles. The van der Waals surface area contributed by atoms with Crippen molar-refractivity contribution in [3.05, 3.63) is 29.6 Å². The van der Waals surface area contributed by atoms with Crippen LogP contribution in [0.3, 0.4) is 0 Å². The quantitative estimate of drug-likeness (QED) is 0.661. The Morgan fingerprint density at radius 1 is 1.31 bits per heavy atom. The van der Waals surface area contributed by atoms with Crippen LogP contribution >= 0.6 is 12.4 Å². The number of rotatable bonds is 3. The molecule has 0 N–H and O–H groups in total. The molecule has 1 rings (SSSR count). The van der Waals surface area contributed by atoms with Gasteiger partial charge in [-0.25, -0.2) is 4.57 Å². The molecule has 13 heavy (non-hydrogen) atoms. The number of pyridine rings is 1. The largest absolute Gasteiger partial charge is 0.202 e. The molecule has 74 valence electrons. The van der Waals surface area contributed by atoms with Crippen molar-refractivity contribution >= 4 is 12.4 Å². The number of nitrogens with zero attached hydrogens (tertiary/aromatic N) is 1. The molecule has 0 unspecified atom stereocenters. The molecule has 0 aliphatic carbocycles. The van der Waals surface area contributed by atoms with Gasteiger partial charge in [-0.15, -0.1) is 12.4 Å². The van der Waals surface area contributed by atoms with Gasteiger partial charge >= 0.3 is 0 Å². The van der Waals surface area contributed by atoms with Gasteiger partial charge in [0.1, 0.15) is 6.54 Å². The molecule has 0 saturated carbocycles. The van der Waals surface area contributed by atoms with Gasteiger partial charge < -0.3 is 0 Å². The van der Waals surface area contributed by atoms with E-state index in [1.807, 2.05) is 0 Å². The standard InChI is InChI=1S/C11H18N.ClH/c1-4-5-8-12-9-6-7-10(2)11(12)3;/h6-7,9H,4-5,8H2,1-3H3;1H/q+1;. The zero-order valence-electron chi connectivity index (χ0n) is 8.71. The van der Waals surface area contributed by atoms with E-state index in [2.05, 4.69) is 43.7 Å². The fraction of sp³-hybridized carbons (Fsp3) is 0.545. The van der Waals surface area contributed by atoms with Gasteiger partial charge in [-0.2, -0.15) is 0 Å². The van der Waals surface area contributed by atoms with Gasteiger partial charge in [0.05, 0.1) is 0 Å². The number of hydrogen-bond acceptors (Lipinski definition) is 0. The SMILES string of the molecule is CCCC[n+]1cccc(C)c1C.Cl. The summed E-state index contributed by atoms with van der Waals surface area (Å²) in [5, 5.41) is 0. The van der Waals surface area contributed by atoms with Gasteiger partial charge in [0, 0.05) is 25.0 Å². The minimum Gasteiger partial charge on any atom is -0.202 e. The fourth-order valence-corrected chi connectivity index (χ4v) is 1.32. The van der Waals surface area contributed by atoms with E-state index in [1.165, 1.54) is 24.1 Å². The lowest BCUT2D eigenvalue weighted by Crippen LogP contribution is -2.37. The lowest BCUT2D eigenvalue weighted by atomic mass is 10.2. The molecular formula is C11H19ClN+. The maximum Gasteiger partial charge on any atom is 0.181 e. The molecule has 1 aromatic rings. The maximum atomic E-state index is 2.33. The van der Waals surface area contributed by atoms with Crippen molar-refractivity contribution < 1.29 is 4.57 Å². The van der Waals surface area contributed by atoms with Gasteiger partial charge in [-0.05, 0) is 13.0 Å². The predicted octanol–water partition coefficient (Wildman–Crippen LogP) is 2.81. The Morgan fingerprint density at radius 3 is 2.62 bits per heavy atom. The van der Waals surface area contributed by atoms with Crippen LogP contribution in [0.1, 0.15) is 31.0 Å². The van der Waals surface area contributed by atoms with E-state index < -0.39 is 0 Å². The van der Waals surface area contributed by atoms with E-state index in [0.29, 0.717) is 0 Å². The van der Waals surface area contributed by atoms with Gasteiger partial charge in [0.25, 0.3) is 0 Å². The summed E-state index contributed by atoms with van der Waals surface area (Å²) in [6.07, 6.45) is 4.70. The Hall–Kier alpha value is -0.560. The molecular weight excluding hydrogens is 182 g/mol. The van der Waals surface area contributed by atoms with Crippen LogP contribution in [0.25, 0.3) is 0 Å². The highest BCUT2D eigenvalue weighted by Gasteiger charge is 2.05. The summed E-state index contributed by atoms with van der Waals surface area (Å²) in [6, 6.07) is 4.29. The van der Waals surface area contributed by atoms with E-state index >= 15 is 0 Å². The van der Waals surface area contributed by atoms with Crippen molar-refractivity contribution in [3.8, 4) is 0 Å². The molecule has 0 atom stereocenters. The van der Waals surface area contributed by atoms with Crippen LogP contribution in [-0.2, 0) is 6.54 Å². The predicted molar refractivity (Wildman–Crippen MR) is 58.3 cm³/mol. The third kappa shape index (κ3) is 3.35. The van der Waals surface area contributed by atoms with Crippen LogP contribution < -0.4 is 4.57 Å². The highest BCUT2D eigenvalue weighted by Crippen LogP contribution is 1.99. The molecule has 1 aromatic heterocycles. The summed E-state index contributed by atoms with van der Waals surface area (Å²) in [4.78, 5) is 0. The van der Waals surface area contributed by atoms with E-state index in [9.17, 15) is 0 Å². The van der Waals surface area contributed by atoms with Crippen LogP contribution in [0, 0.1) is 13.8 Å². The van der Waals surface area contributed by atoms with Crippen LogP contribution in [0.5, 0.6) is 0 Å². The molecule has 0 amide bonds. The Balaban J connectivity index is 0.00000144. The number of aromatic nitrogens is 1. The Labute approximate surface area is 87.2 Å². The van der Waals surface area contributed by atoms with Crippen molar-refractivity contribution in [2.75, 3.05) is 0 Å². The minimum atomic E-state index is 0. The smallest absolute Gasteiger partial charge is 0.181 e. The van der Waals surface area contributed by atoms with Crippen LogP contribution in [0.4, 0.5) is 0 Å². The zero-order chi connectivity index (χ0) is 8.97. The molecule has 1 heterocycles. The van der Waals surface area contributed by atoms with Gasteiger partial charge in [0.15, 0.2) is 11.9 Å². The summed E-state index contributed by atoms with van der Waals surface area (Å²) < 4.78 is 2.33. The average molecular weight is 201 g/mol. The van der Waals surface area contributed by atoms with Crippen molar-refractivity contribution in [2.45, 2.75) is 40.2 Å². The second kappa shape index (κ2) is 5.98. The molecule has 0 radical (unpaired) electrons. The second-order valence-corrected chi connectivity index (χ2v) is 3.32. The van der Waals surface area contributed by atoms with Crippen molar-refractivity contribution in [3.63, 3.8) is 0 Å². The lowest BCUT2D eigenvalue weighted by Gasteiger charge is -2.00. The average Bonchev–Trinajstić information content (AvgIpc) is 2.08. The third-order valence-corrected chi connectivity index (χ3v) is 2.37. The molecule has 1 nitrogen and oxygen atoms in total. The number of hydrogen-bond donors (Lipinski definition) is 0. The first-order chi connectivity index (χ1) is 5.75. The Morgan fingerprint density at radius 2 is 2.00 bits per heavy atom. The molecule has 0 spiro atoms. The van der Waals surface area contributed by atoms with Crippen LogP contribution in [-0.4, -0.2) is 0 Å². The first-order valence-electron chi connectivity index (χ1n) is 4.71. The molecule has 0 bridgehead atoms. The van der Waals surface area contributed by atoms with Gasteiger partial charge in [0.2, 0.25) is 0 Å². The Kier molecular flexibility index (Phi) is 5.72. The fourth-order valence-electron chi connectivity index (χ4n) is 1.32. The summed E-state index contributed by atoms with van der Waals surface area (Å²) >= 11 is 0. The third-order valence-electron chi connectivity index (χ3n) is 2.37. The van der Waals surface area contributed by atoms with Gasteiger partial charge in [-0.3, -0.25) is 0 Å². The highest BCUT2D eigenvalue weighted by atomic mass is 35.5. The normalized spacial score (nSPS) is 9.46. The van der Waals surface area contributed by atoms with Crippen LogP contribution in [0.15, 0.2) is 18.3 Å². The van der Waals surface area contributed by atoms with Gasteiger partial charge in [-0.1, -0.05) is 13.3 Å². The monoisotopic (exact) mass is 200 g/mol. The topological polar surface area (TPSA) is 3.88 Å². The van der Waals surface area contributed by atoms with E-state index in [-0.39, 0.29) is 12.4 Å². The van der Waals surface area contributed by atoms with Crippen molar-refractivity contribution in [2.24, 2.45) is 0 Å². The number of halogens is 1. The zero-order valence-corrected chi connectivity index (χ0v) is 9.53. The molecule has 2 heteroatoms. The Bertz CT molecular complexity index is 258. The highest BCUT2D eigenvalue weighted by molar-refractivity contribution is 5.85. The summed E-state index contributed by atoms with van der Waals surface area (Å²) in [6.45, 7) is 7.73. The molecule has 0 aliphatic heterocycles.